The summed E-state index contributed by atoms with van der Waals surface area (Å²) in [6, 6.07) is 0. The molecule has 0 radical (unpaired) electrons. The van der Waals surface area contributed by atoms with Crippen LogP contribution in [0.3, 0.4) is 0 Å². The van der Waals surface area contributed by atoms with Crippen LogP contribution in [0.5, 0.6) is 0 Å². The van der Waals surface area contributed by atoms with Crippen LogP contribution in [0.15, 0.2) is 0 Å². The van der Waals surface area contributed by atoms with Gasteiger partial charge in [0.2, 0.25) is 0 Å². The molecule has 0 aromatic rings. The zero-order valence-electron chi connectivity index (χ0n) is 10.1. The summed E-state index contributed by atoms with van der Waals surface area (Å²) in [7, 11) is 0. The molecule has 82 valence electrons. The molecule has 2 atom stereocenters. The van der Waals surface area contributed by atoms with Crippen LogP contribution in [0.25, 0.3) is 0 Å². The van der Waals surface area contributed by atoms with Crippen molar-refractivity contribution in [3.63, 3.8) is 0 Å². The average molecular weight is 196 g/mol. The van der Waals surface area contributed by atoms with E-state index in [4.69, 9.17) is 0 Å². The van der Waals surface area contributed by atoms with Gasteiger partial charge in [-0.2, -0.15) is 0 Å². The molecule has 0 aliphatic heterocycles. The Morgan fingerprint density at radius 2 is 1.93 bits per heavy atom. The van der Waals surface area contributed by atoms with Gasteiger partial charge in [-0.25, -0.2) is 0 Å². The SMILES string of the molecule is CC1CCCC1C(=O)CCC(C)(C)C. The second kappa shape index (κ2) is 4.46. The Hall–Kier alpha value is -0.330. The molecule has 14 heavy (non-hydrogen) atoms. The second-order valence-electron chi connectivity index (χ2n) is 6.04. The van der Waals surface area contributed by atoms with Crippen molar-refractivity contribution >= 4 is 5.78 Å². The molecule has 1 fully saturated rings. The van der Waals surface area contributed by atoms with Gasteiger partial charge in [0, 0.05) is 12.3 Å². The molecule has 1 nitrogen and oxygen atoms in total. The normalized spacial score (nSPS) is 28.0. The zero-order chi connectivity index (χ0) is 10.8. The number of rotatable bonds is 3. The van der Waals surface area contributed by atoms with Crippen LogP contribution in [0.1, 0.15) is 59.8 Å². The van der Waals surface area contributed by atoms with Crippen LogP contribution < -0.4 is 0 Å². The zero-order valence-corrected chi connectivity index (χ0v) is 10.1. The molecule has 0 N–H and O–H groups in total. The van der Waals surface area contributed by atoms with E-state index in [1.54, 1.807) is 0 Å². The Morgan fingerprint density at radius 1 is 1.29 bits per heavy atom. The van der Waals surface area contributed by atoms with Crippen LogP contribution in [-0.2, 0) is 4.79 Å². The lowest BCUT2D eigenvalue weighted by Gasteiger charge is -2.20. The summed E-state index contributed by atoms with van der Waals surface area (Å²) >= 11 is 0. The predicted octanol–water partition coefficient (Wildman–Crippen LogP) is 3.82. The van der Waals surface area contributed by atoms with Gasteiger partial charge in [0.05, 0.1) is 0 Å². The van der Waals surface area contributed by atoms with Crippen molar-refractivity contribution in [2.75, 3.05) is 0 Å². The minimum Gasteiger partial charge on any atom is -0.299 e. The van der Waals surface area contributed by atoms with Gasteiger partial charge in [0.25, 0.3) is 0 Å². The number of hydrogen-bond acceptors (Lipinski definition) is 1. The Balaban J connectivity index is 2.35. The van der Waals surface area contributed by atoms with Crippen molar-refractivity contribution < 1.29 is 4.79 Å². The number of ketones is 1. The third kappa shape index (κ3) is 3.43. The summed E-state index contributed by atoms with van der Waals surface area (Å²) in [5, 5.41) is 0. The molecule has 1 saturated carbocycles. The van der Waals surface area contributed by atoms with Crippen molar-refractivity contribution in [3.05, 3.63) is 0 Å². The quantitative estimate of drug-likeness (QED) is 0.670. The smallest absolute Gasteiger partial charge is 0.136 e. The molecule has 1 aliphatic carbocycles. The summed E-state index contributed by atoms with van der Waals surface area (Å²) < 4.78 is 0. The van der Waals surface area contributed by atoms with Crippen LogP contribution in [0.2, 0.25) is 0 Å². The van der Waals surface area contributed by atoms with Gasteiger partial charge in [-0.3, -0.25) is 4.79 Å². The largest absolute Gasteiger partial charge is 0.299 e. The van der Waals surface area contributed by atoms with Crippen molar-refractivity contribution in [1.82, 2.24) is 0 Å². The first-order valence-electron chi connectivity index (χ1n) is 5.93. The average Bonchev–Trinajstić information content (AvgIpc) is 2.46. The number of Topliss-reactive ketones (excluding diaryl/α,β-unsaturated/α-hetero) is 1. The molecule has 0 saturated heterocycles. The van der Waals surface area contributed by atoms with E-state index in [2.05, 4.69) is 27.7 Å². The lowest BCUT2D eigenvalue weighted by atomic mass is 9.85. The van der Waals surface area contributed by atoms with Crippen molar-refractivity contribution in [2.45, 2.75) is 59.8 Å². The molecule has 2 unspecified atom stereocenters. The summed E-state index contributed by atoms with van der Waals surface area (Å²) in [5.41, 5.74) is 0.303. The summed E-state index contributed by atoms with van der Waals surface area (Å²) in [6.45, 7) is 8.85. The van der Waals surface area contributed by atoms with E-state index in [1.807, 2.05) is 0 Å². The molecule has 0 aromatic carbocycles. The number of carbonyl (C=O) groups is 1. The maximum atomic E-state index is 11.9. The Bertz CT molecular complexity index is 200. The van der Waals surface area contributed by atoms with Gasteiger partial charge >= 0.3 is 0 Å². The molecule has 0 spiro atoms. The third-order valence-electron chi connectivity index (χ3n) is 3.40. The third-order valence-corrected chi connectivity index (χ3v) is 3.40. The standard InChI is InChI=1S/C13H24O/c1-10-6-5-7-11(10)12(14)8-9-13(2,3)4/h10-11H,5-9H2,1-4H3. The fraction of sp³-hybridized carbons (Fsp3) is 0.923. The first-order valence-corrected chi connectivity index (χ1v) is 5.93. The summed E-state index contributed by atoms with van der Waals surface area (Å²) in [6.07, 6.45) is 5.48. The maximum absolute atomic E-state index is 11.9. The second-order valence-corrected chi connectivity index (χ2v) is 6.04. The topological polar surface area (TPSA) is 17.1 Å². The first-order chi connectivity index (χ1) is 6.40. The summed E-state index contributed by atoms with van der Waals surface area (Å²) in [4.78, 5) is 11.9. The van der Waals surface area contributed by atoms with Crippen LogP contribution in [0.4, 0.5) is 0 Å². The lowest BCUT2D eigenvalue weighted by Crippen LogP contribution is -2.19. The van der Waals surface area contributed by atoms with Crippen molar-refractivity contribution in [3.8, 4) is 0 Å². The Kier molecular flexibility index (Phi) is 3.74. The molecule has 0 heterocycles. The number of carbonyl (C=O) groups excluding carboxylic acids is 1. The Morgan fingerprint density at radius 3 is 2.36 bits per heavy atom. The van der Waals surface area contributed by atoms with Gasteiger partial charge in [0.15, 0.2) is 0 Å². The van der Waals surface area contributed by atoms with E-state index in [1.165, 1.54) is 12.8 Å². The van der Waals surface area contributed by atoms with E-state index in [0.717, 1.165) is 19.3 Å². The van der Waals surface area contributed by atoms with Gasteiger partial charge in [-0.1, -0.05) is 34.1 Å². The fourth-order valence-corrected chi connectivity index (χ4v) is 2.31. The predicted molar refractivity (Wildman–Crippen MR) is 60.2 cm³/mol. The number of hydrogen-bond donors (Lipinski definition) is 0. The molecule has 1 aliphatic rings. The van der Waals surface area contributed by atoms with Gasteiger partial charge in [0.1, 0.15) is 5.78 Å². The molecule has 1 heteroatoms. The van der Waals surface area contributed by atoms with Gasteiger partial charge in [-0.05, 0) is 30.6 Å². The lowest BCUT2D eigenvalue weighted by molar-refractivity contribution is -0.124. The highest BCUT2D eigenvalue weighted by Gasteiger charge is 2.29. The van der Waals surface area contributed by atoms with E-state index in [0.29, 0.717) is 23.0 Å². The van der Waals surface area contributed by atoms with Crippen LogP contribution >= 0.6 is 0 Å². The first kappa shape index (κ1) is 11.7. The van der Waals surface area contributed by atoms with Crippen molar-refractivity contribution in [1.29, 1.82) is 0 Å². The highest BCUT2D eigenvalue weighted by Crippen LogP contribution is 2.33. The van der Waals surface area contributed by atoms with E-state index in [-0.39, 0.29) is 0 Å². The van der Waals surface area contributed by atoms with Crippen LogP contribution in [0, 0.1) is 17.3 Å². The van der Waals surface area contributed by atoms with E-state index >= 15 is 0 Å². The maximum Gasteiger partial charge on any atom is 0.136 e. The highest BCUT2D eigenvalue weighted by molar-refractivity contribution is 5.81. The molecule has 0 bridgehead atoms. The van der Waals surface area contributed by atoms with Crippen LogP contribution in [-0.4, -0.2) is 5.78 Å². The van der Waals surface area contributed by atoms with E-state index < -0.39 is 0 Å². The summed E-state index contributed by atoms with van der Waals surface area (Å²) in [5.74, 6) is 1.55. The Labute approximate surface area is 88.3 Å². The van der Waals surface area contributed by atoms with Gasteiger partial charge in [-0.15, -0.1) is 0 Å². The van der Waals surface area contributed by atoms with Gasteiger partial charge < -0.3 is 0 Å². The molecule has 0 aromatic heterocycles. The van der Waals surface area contributed by atoms with E-state index in [9.17, 15) is 4.79 Å². The molecular formula is C13H24O. The minimum atomic E-state index is 0.303. The molecule has 0 amide bonds. The highest BCUT2D eigenvalue weighted by atomic mass is 16.1. The van der Waals surface area contributed by atoms with Crippen molar-refractivity contribution in [2.24, 2.45) is 17.3 Å². The molecule has 1 rings (SSSR count). The monoisotopic (exact) mass is 196 g/mol. The fourth-order valence-electron chi connectivity index (χ4n) is 2.31. The minimum absolute atomic E-state index is 0.303. The molecular weight excluding hydrogens is 172 g/mol.